The molecule has 0 saturated carbocycles. The molecule has 0 atom stereocenters. The van der Waals surface area contributed by atoms with Crippen LogP contribution in [0.4, 0.5) is 11.5 Å². The third-order valence-electron chi connectivity index (χ3n) is 3.05. The maximum absolute atomic E-state index is 11.2. The van der Waals surface area contributed by atoms with Gasteiger partial charge in [-0.2, -0.15) is 10.4 Å². The van der Waals surface area contributed by atoms with Crippen LogP contribution in [0.3, 0.4) is 0 Å². The Balaban J connectivity index is 2.64. The fourth-order valence-corrected chi connectivity index (χ4v) is 1.96. The topological polar surface area (TPSA) is 128 Å². The number of anilines is 1. The second-order valence-electron chi connectivity index (χ2n) is 4.34. The Labute approximate surface area is 119 Å². The second kappa shape index (κ2) is 5.42. The van der Waals surface area contributed by atoms with Crippen molar-refractivity contribution in [3.8, 4) is 17.3 Å². The molecule has 106 valence electrons. The Morgan fingerprint density at radius 2 is 2.29 bits per heavy atom. The normalized spacial score (nSPS) is 10.1. The number of nitro benzene ring substituents is 1. The zero-order chi connectivity index (χ0) is 15.6. The van der Waals surface area contributed by atoms with E-state index in [2.05, 4.69) is 5.10 Å². The monoisotopic (exact) mass is 285 g/mol. The third kappa shape index (κ3) is 2.44. The number of hydrogen-bond acceptors (Lipinski definition) is 6. The van der Waals surface area contributed by atoms with Gasteiger partial charge >= 0.3 is 0 Å². The van der Waals surface area contributed by atoms with E-state index in [4.69, 9.17) is 11.0 Å². The number of carbonyl (C=O) groups excluding carboxylic acids is 1. The van der Waals surface area contributed by atoms with Crippen LogP contribution >= 0.6 is 0 Å². The number of benzene rings is 1. The summed E-state index contributed by atoms with van der Waals surface area (Å²) in [7, 11) is 0. The lowest BCUT2D eigenvalue weighted by Crippen LogP contribution is -2.03. The number of nitrogens with zero attached hydrogens (tertiary/aromatic N) is 4. The van der Waals surface area contributed by atoms with E-state index in [-0.39, 0.29) is 29.3 Å². The molecule has 1 aromatic carbocycles. The molecule has 0 spiro atoms. The molecular formula is C13H11N5O3. The molecule has 0 saturated heterocycles. The Morgan fingerprint density at radius 3 is 2.86 bits per heavy atom. The zero-order valence-electron chi connectivity index (χ0n) is 11.1. The van der Waals surface area contributed by atoms with Crippen LogP contribution in [0.15, 0.2) is 18.2 Å². The van der Waals surface area contributed by atoms with Gasteiger partial charge in [-0.15, -0.1) is 0 Å². The first kappa shape index (κ1) is 14.2. The summed E-state index contributed by atoms with van der Waals surface area (Å²) in [5.41, 5.74) is 6.92. The lowest BCUT2D eigenvalue weighted by atomic mass is 10.0. The van der Waals surface area contributed by atoms with Gasteiger partial charge in [0.15, 0.2) is 6.29 Å². The molecule has 1 aromatic heterocycles. The first-order chi connectivity index (χ1) is 9.99. The maximum atomic E-state index is 11.2. The SMILES string of the molecule is Cc1ccc(-c2nn(CC#N)c(N)c2C=O)cc1[N+](=O)[O-]. The predicted molar refractivity (Wildman–Crippen MR) is 74.5 cm³/mol. The van der Waals surface area contributed by atoms with Crippen molar-refractivity contribution in [3.05, 3.63) is 39.4 Å². The van der Waals surface area contributed by atoms with Crippen LogP contribution in [0.1, 0.15) is 15.9 Å². The largest absolute Gasteiger partial charge is 0.383 e. The van der Waals surface area contributed by atoms with Gasteiger partial charge in [-0.3, -0.25) is 14.9 Å². The van der Waals surface area contributed by atoms with Crippen molar-refractivity contribution in [3.63, 3.8) is 0 Å². The highest BCUT2D eigenvalue weighted by molar-refractivity contribution is 5.92. The summed E-state index contributed by atoms with van der Waals surface area (Å²) < 4.78 is 1.19. The first-order valence-electron chi connectivity index (χ1n) is 5.93. The fourth-order valence-electron chi connectivity index (χ4n) is 1.96. The number of nitriles is 1. The molecule has 2 aromatic rings. The van der Waals surface area contributed by atoms with E-state index in [1.165, 1.54) is 10.7 Å². The average molecular weight is 285 g/mol. The van der Waals surface area contributed by atoms with E-state index in [9.17, 15) is 14.9 Å². The Morgan fingerprint density at radius 1 is 1.57 bits per heavy atom. The zero-order valence-corrected chi connectivity index (χ0v) is 11.1. The summed E-state index contributed by atoms with van der Waals surface area (Å²) >= 11 is 0. The maximum Gasteiger partial charge on any atom is 0.272 e. The number of nitrogens with two attached hydrogens (primary N) is 1. The molecule has 0 radical (unpaired) electrons. The molecule has 8 nitrogen and oxygen atoms in total. The molecule has 0 aliphatic carbocycles. The molecule has 0 amide bonds. The van der Waals surface area contributed by atoms with Crippen molar-refractivity contribution in [2.75, 3.05) is 5.73 Å². The van der Waals surface area contributed by atoms with Crippen LogP contribution < -0.4 is 5.73 Å². The van der Waals surface area contributed by atoms with Crippen LogP contribution in [0, 0.1) is 28.4 Å². The van der Waals surface area contributed by atoms with E-state index in [0.29, 0.717) is 17.4 Å². The van der Waals surface area contributed by atoms with E-state index in [0.717, 1.165) is 0 Å². The number of nitrogen functional groups attached to an aromatic ring is 1. The number of carbonyl (C=O) groups is 1. The minimum absolute atomic E-state index is 0.0600. The number of hydrogen-bond donors (Lipinski definition) is 1. The lowest BCUT2D eigenvalue weighted by molar-refractivity contribution is -0.385. The fraction of sp³-hybridized carbons (Fsp3) is 0.154. The van der Waals surface area contributed by atoms with Gasteiger partial charge in [0.05, 0.1) is 16.6 Å². The minimum Gasteiger partial charge on any atom is -0.383 e. The van der Waals surface area contributed by atoms with Gasteiger partial charge in [0, 0.05) is 17.2 Å². The van der Waals surface area contributed by atoms with Crippen molar-refractivity contribution >= 4 is 17.8 Å². The standard InChI is InChI=1S/C13H11N5O3/c1-8-2-3-9(6-11(8)18(20)21)12-10(7-19)13(15)17(16-12)5-4-14/h2-3,6-7H,5,15H2,1H3. The van der Waals surface area contributed by atoms with Gasteiger partial charge in [-0.25, -0.2) is 4.68 Å². The van der Waals surface area contributed by atoms with Crippen LogP contribution in [0.25, 0.3) is 11.3 Å². The molecular weight excluding hydrogens is 274 g/mol. The molecule has 0 unspecified atom stereocenters. The van der Waals surface area contributed by atoms with Gasteiger partial charge in [0.2, 0.25) is 0 Å². The summed E-state index contributed by atoms with van der Waals surface area (Å²) in [5.74, 6) is 0.0600. The van der Waals surface area contributed by atoms with E-state index in [1.54, 1.807) is 19.1 Å². The lowest BCUT2D eigenvalue weighted by Gasteiger charge is -2.01. The summed E-state index contributed by atoms with van der Waals surface area (Å²) in [5, 5.41) is 23.8. The number of aryl methyl sites for hydroxylation is 1. The molecule has 2 rings (SSSR count). The summed E-state index contributed by atoms with van der Waals surface area (Å²) in [6.45, 7) is 1.51. The van der Waals surface area contributed by atoms with Crippen molar-refractivity contribution in [2.45, 2.75) is 13.5 Å². The van der Waals surface area contributed by atoms with E-state index in [1.807, 2.05) is 6.07 Å². The molecule has 21 heavy (non-hydrogen) atoms. The number of aldehydes is 1. The Kier molecular flexibility index (Phi) is 3.67. The van der Waals surface area contributed by atoms with Gasteiger partial charge in [0.25, 0.3) is 5.69 Å². The number of rotatable bonds is 4. The van der Waals surface area contributed by atoms with Gasteiger partial charge in [-0.1, -0.05) is 12.1 Å². The molecule has 8 heteroatoms. The predicted octanol–water partition coefficient (Wildman–Crippen LogP) is 1.68. The molecule has 0 aliphatic rings. The Bertz CT molecular complexity index is 773. The van der Waals surface area contributed by atoms with Crippen LogP contribution in [-0.2, 0) is 6.54 Å². The van der Waals surface area contributed by atoms with Crippen molar-refractivity contribution < 1.29 is 9.72 Å². The number of aromatic nitrogens is 2. The van der Waals surface area contributed by atoms with Gasteiger partial charge < -0.3 is 5.73 Å². The molecule has 1 heterocycles. The van der Waals surface area contributed by atoms with E-state index < -0.39 is 4.92 Å². The smallest absolute Gasteiger partial charge is 0.272 e. The van der Waals surface area contributed by atoms with Crippen LogP contribution in [0.2, 0.25) is 0 Å². The van der Waals surface area contributed by atoms with E-state index >= 15 is 0 Å². The van der Waals surface area contributed by atoms with Crippen molar-refractivity contribution in [1.82, 2.24) is 9.78 Å². The van der Waals surface area contributed by atoms with Crippen molar-refractivity contribution in [2.24, 2.45) is 0 Å². The highest BCUT2D eigenvalue weighted by Gasteiger charge is 2.19. The van der Waals surface area contributed by atoms with Crippen molar-refractivity contribution in [1.29, 1.82) is 5.26 Å². The molecule has 0 aliphatic heterocycles. The van der Waals surface area contributed by atoms with Gasteiger partial charge in [-0.05, 0) is 6.92 Å². The molecule has 0 bridgehead atoms. The summed E-state index contributed by atoms with van der Waals surface area (Å²) in [4.78, 5) is 21.6. The average Bonchev–Trinajstić information content (AvgIpc) is 2.76. The number of nitro groups is 1. The van der Waals surface area contributed by atoms with Crippen LogP contribution in [-0.4, -0.2) is 21.0 Å². The quantitative estimate of drug-likeness (QED) is 0.517. The summed E-state index contributed by atoms with van der Waals surface area (Å²) in [6.07, 6.45) is 0.525. The van der Waals surface area contributed by atoms with Gasteiger partial charge in [0.1, 0.15) is 18.1 Å². The second-order valence-corrected chi connectivity index (χ2v) is 4.34. The Hall–Kier alpha value is -3.21. The molecule has 2 N–H and O–H groups in total. The minimum atomic E-state index is -0.505. The first-order valence-corrected chi connectivity index (χ1v) is 5.93. The van der Waals surface area contributed by atoms with Crippen LogP contribution in [0.5, 0.6) is 0 Å². The third-order valence-corrected chi connectivity index (χ3v) is 3.05. The highest BCUT2D eigenvalue weighted by Crippen LogP contribution is 2.30. The highest BCUT2D eigenvalue weighted by atomic mass is 16.6. The summed E-state index contributed by atoms with van der Waals surface area (Å²) in [6, 6.07) is 6.40. The molecule has 0 fully saturated rings.